The van der Waals surface area contributed by atoms with Crippen LogP contribution >= 0.6 is 23.2 Å². The van der Waals surface area contributed by atoms with Crippen LogP contribution < -0.4 is 5.32 Å². The van der Waals surface area contributed by atoms with Gasteiger partial charge >= 0.3 is 18.2 Å². The van der Waals surface area contributed by atoms with Crippen molar-refractivity contribution in [3.63, 3.8) is 0 Å². The number of ether oxygens (including phenoxy) is 4. The molecule has 21 nitrogen and oxygen atoms in total. The summed E-state index contributed by atoms with van der Waals surface area (Å²) in [4.78, 5) is 49.1. The van der Waals surface area contributed by atoms with Crippen molar-refractivity contribution in [2.45, 2.75) is 146 Å². The van der Waals surface area contributed by atoms with Crippen LogP contribution in [0.1, 0.15) is 126 Å². The summed E-state index contributed by atoms with van der Waals surface area (Å²) >= 11 is 10.8. The number of carbonyl (C=O) groups is 4. The van der Waals surface area contributed by atoms with Gasteiger partial charge in [0.25, 0.3) is 5.91 Å². The van der Waals surface area contributed by atoms with Gasteiger partial charge in [0, 0.05) is 34.9 Å². The van der Waals surface area contributed by atoms with Crippen LogP contribution in [-0.4, -0.2) is 135 Å². The summed E-state index contributed by atoms with van der Waals surface area (Å²) in [7, 11) is 0. The number of amides is 3. The molecule has 83 heavy (non-hydrogen) atoms. The maximum Gasteiger partial charge on any atom is 0.413 e. The molecule has 3 aromatic carbocycles. The lowest BCUT2D eigenvalue weighted by atomic mass is 10.0. The van der Waals surface area contributed by atoms with E-state index in [-0.39, 0.29) is 18.9 Å². The van der Waals surface area contributed by atoms with Gasteiger partial charge in [0.15, 0.2) is 27.8 Å². The van der Waals surface area contributed by atoms with Crippen molar-refractivity contribution in [2.24, 2.45) is 0 Å². The van der Waals surface area contributed by atoms with Crippen molar-refractivity contribution in [2.75, 3.05) is 20.0 Å². The SMILES string of the molecule is CC(C)(C)OC(=O)N1[C@H](CF)[C@@H](c2ccc(-c3cc(C(=O)O)no3)cc2)OC1(C)C.CC(C)(C)OC(=O)N1[C@H](CF)[C@@H](c2ccc(-c3cc(CO)no3)cc2)OC1(C)C.O=C(N[C@H](CF)[C@H](O)c1ccc(-c2cc(CO)no2)cc1)C(Cl)Cl. The van der Waals surface area contributed by atoms with E-state index in [1.54, 1.807) is 154 Å². The third-order valence-electron chi connectivity index (χ3n) is 12.7. The highest BCUT2D eigenvalue weighted by molar-refractivity contribution is 6.53. The summed E-state index contributed by atoms with van der Waals surface area (Å²) in [6.45, 7) is 14.4. The first kappa shape index (κ1) is 65.1. The van der Waals surface area contributed by atoms with Crippen LogP contribution in [0, 0.1) is 0 Å². The number of hydrogen-bond acceptors (Lipinski definition) is 17. The number of aliphatic hydroxyl groups excluding tert-OH is 3. The maximum atomic E-state index is 14.0. The van der Waals surface area contributed by atoms with Crippen LogP contribution in [0.25, 0.3) is 34.0 Å². The molecule has 5 N–H and O–H groups in total. The predicted molar refractivity (Wildman–Crippen MR) is 294 cm³/mol. The number of hydrogen-bond donors (Lipinski definition) is 5. The number of carboxylic acids is 1. The van der Waals surface area contributed by atoms with Crippen LogP contribution in [0.3, 0.4) is 0 Å². The van der Waals surface area contributed by atoms with Gasteiger partial charge in [-0.25, -0.2) is 27.6 Å². The van der Waals surface area contributed by atoms with Gasteiger partial charge in [-0.3, -0.25) is 14.6 Å². The van der Waals surface area contributed by atoms with E-state index in [9.17, 15) is 37.5 Å². The lowest BCUT2D eigenvalue weighted by Gasteiger charge is -2.34. The number of aromatic carboxylic acids is 1. The standard InChI is InChI=1S/C21H25FN2O6.C21H27FN2O5.C15H15Cl2FN2O4/c1-20(2,3)29-19(27)24-15(11-22)17(28-21(24,4)5)13-8-6-12(7-9-13)16-10-14(18(25)26)23-30-16;1-20(2,3)28-19(26)24-16(11-22)18(27-21(24,4)5)14-8-6-13(7-9-14)17-10-15(12-25)23-29-17;16-14(17)15(23)19-11(6-18)13(22)9-3-1-8(2-4-9)12-5-10(7-21)20-24-12/h6-10,15,17H,11H2,1-5H3,(H,25,26);6-10,16,18,25H,11-12H2,1-5H3;1-5,11,13-14,21-22H,6-7H2,(H,19,23)/t15-,17-;16-,18-;11-,13-/m111/s1. The number of alkyl halides is 5. The highest BCUT2D eigenvalue weighted by Gasteiger charge is 2.53. The molecule has 26 heteroatoms. The normalized spacial score (nSPS) is 19.0. The quantitative estimate of drug-likeness (QED) is 0.0597. The third kappa shape index (κ3) is 16.4. The lowest BCUT2D eigenvalue weighted by molar-refractivity contribution is -0.121. The molecule has 450 valence electrons. The Morgan fingerprint density at radius 3 is 1.33 bits per heavy atom. The van der Waals surface area contributed by atoms with Gasteiger partial charge in [0.1, 0.15) is 72.4 Å². The first-order chi connectivity index (χ1) is 38.9. The average molecular weight is 1200 g/mol. The molecule has 2 fully saturated rings. The Bertz CT molecular complexity index is 3130. The fraction of sp³-hybridized carbons (Fsp3) is 0.456. The van der Waals surface area contributed by atoms with E-state index in [4.69, 9.17) is 71.0 Å². The summed E-state index contributed by atoms with van der Waals surface area (Å²) in [6.07, 6.45) is -3.86. The number of nitrogens with one attached hydrogen (secondary N) is 1. The van der Waals surface area contributed by atoms with Gasteiger partial charge in [-0.2, -0.15) is 0 Å². The van der Waals surface area contributed by atoms with Crippen LogP contribution in [0.15, 0.2) is 105 Å². The van der Waals surface area contributed by atoms with Crippen LogP contribution in [0.2, 0.25) is 0 Å². The van der Waals surface area contributed by atoms with E-state index in [1.807, 2.05) is 0 Å². The number of halogens is 5. The van der Waals surface area contributed by atoms with Crippen LogP contribution in [0.5, 0.6) is 0 Å². The number of aliphatic hydroxyl groups is 3. The van der Waals surface area contributed by atoms with E-state index in [2.05, 4.69) is 20.8 Å². The molecule has 0 bridgehead atoms. The summed E-state index contributed by atoms with van der Waals surface area (Å²) in [5, 5.41) is 50.4. The molecule has 8 rings (SSSR count). The van der Waals surface area contributed by atoms with Gasteiger partial charge in [-0.05, 0) is 85.9 Å². The number of benzene rings is 3. The molecule has 6 atom stereocenters. The summed E-state index contributed by atoms with van der Waals surface area (Å²) < 4.78 is 79.5. The molecule has 0 saturated carbocycles. The number of nitrogens with zero attached hydrogens (tertiary/aromatic N) is 5. The Balaban J connectivity index is 0.000000201. The Morgan fingerprint density at radius 1 is 0.639 bits per heavy atom. The number of rotatable bonds is 15. The molecule has 5 heterocycles. The van der Waals surface area contributed by atoms with E-state index in [0.29, 0.717) is 50.9 Å². The minimum absolute atomic E-state index is 0.194. The second-order valence-electron chi connectivity index (χ2n) is 22.1. The van der Waals surface area contributed by atoms with Crippen LogP contribution in [-0.2, 0) is 37.0 Å². The molecule has 3 amide bonds. The molecule has 2 saturated heterocycles. The van der Waals surface area contributed by atoms with Crippen molar-refractivity contribution < 1.29 is 85.3 Å². The van der Waals surface area contributed by atoms with Gasteiger partial charge < -0.3 is 58.3 Å². The van der Waals surface area contributed by atoms with Gasteiger partial charge in [0.2, 0.25) is 0 Å². The Morgan fingerprint density at radius 2 is 1.01 bits per heavy atom. The molecule has 0 aliphatic carbocycles. The fourth-order valence-corrected chi connectivity index (χ4v) is 9.06. The van der Waals surface area contributed by atoms with Gasteiger partial charge in [-0.15, -0.1) is 0 Å². The summed E-state index contributed by atoms with van der Waals surface area (Å²) in [5.41, 5.74) is 0.962. The largest absolute Gasteiger partial charge is 0.476 e. The van der Waals surface area contributed by atoms with Crippen molar-refractivity contribution in [3.05, 3.63) is 125 Å². The van der Waals surface area contributed by atoms with Crippen molar-refractivity contribution >= 4 is 47.3 Å². The Kier molecular flexibility index (Phi) is 21.3. The molecule has 2 aliphatic heterocycles. The molecule has 3 aromatic heterocycles. The Labute approximate surface area is 486 Å². The second-order valence-corrected chi connectivity index (χ2v) is 23.2. The fourth-order valence-electron chi connectivity index (χ4n) is 8.93. The smallest absolute Gasteiger partial charge is 0.413 e. The first-order valence-electron chi connectivity index (χ1n) is 25.9. The Hall–Kier alpha value is -7.06. The van der Waals surface area contributed by atoms with Crippen molar-refractivity contribution in [3.8, 4) is 34.0 Å². The maximum absolute atomic E-state index is 14.0. The number of carboxylic acid groups (broad SMARTS) is 1. The second kappa shape index (κ2) is 27.1. The summed E-state index contributed by atoms with van der Waals surface area (Å²) in [5.74, 6) is -0.705. The topological polar surface area (TPSA) is 283 Å². The van der Waals surface area contributed by atoms with Crippen molar-refractivity contribution in [1.29, 1.82) is 0 Å². The summed E-state index contributed by atoms with van der Waals surface area (Å²) in [6, 6.07) is 22.2. The van der Waals surface area contributed by atoms with E-state index in [1.165, 1.54) is 15.9 Å². The monoisotopic (exact) mass is 1200 g/mol. The molecule has 6 aromatic rings. The van der Waals surface area contributed by atoms with Gasteiger partial charge in [-0.1, -0.05) is 111 Å². The molecular formula is C57H67Cl2F3N6O15. The lowest BCUT2D eigenvalue weighted by Crippen LogP contribution is -2.50. The molecule has 0 spiro atoms. The minimum Gasteiger partial charge on any atom is -0.476 e. The highest BCUT2D eigenvalue weighted by Crippen LogP contribution is 2.44. The van der Waals surface area contributed by atoms with Gasteiger partial charge in [0.05, 0.1) is 31.3 Å². The molecule has 0 unspecified atom stereocenters. The van der Waals surface area contributed by atoms with E-state index in [0.717, 1.165) is 11.1 Å². The molecular weight excluding hydrogens is 1140 g/mol. The predicted octanol–water partition coefficient (Wildman–Crippen LogP) is 10.8. The average Bonchev–Trinajstić information content (AvgIpc) is 4.49. The highest BCUT2D eigenvalue weighted by atomic mass is 35.5. The molecule has 2 aliphatic rings. The third-order valence-corrected chi connectivity index (χ3v) is 13.1. The zero-order chi connectivity index (χ0) is 61.4. The first-order valence-corrected chi connectivity index (χ1v) is 26.8. The van der Waals surface area contributed by atoms with E-state index >= 15 is 0 Å². The molecule has 0 radical (unpaired) electrons. The zero-order valence-electron chi connectivity index (χ0n) is 47.1. The van der Waals surface area contributed by atoms with Crippen molar-refractivity contribution in [1.82, 2.24) is 30.6 Å². The minimum atomic E-state index is -1.35. The van der Waals surface area contributed by atoms with E-state index < -0.39 is 108 Å². The zero-order valence-corrected chi connectivity index (χ0v) is 48.7. The number of carbonyl (C=O) groups excluding carboxylic acids is 3. The van der Waals surface area contributed by atoms with Crippen LogP contribution in [0.4, 0.5) is 22.8 Å². The number of aromatic nitrogens is 3.